The highest BCUT2D eigenvalue weighted by Crippen LogP contribution is 2.30. The highest BCUT2D eigenvalue weighted by Gasteiger charge is 2.46. The van der Waals surface area contributed by atoms with Gasteiger partial charge in [0, 0.05) is 82.6 Å². The Hall–Kier alpha value is -7.42. The van der Waals surface area contributed by atoms with Crippen LogP contribution in [0, 0.1) is 0 Å². The van der Waals surface area contributed by atoms with Gasteiger partial charge in [0.15, 0.2) is 11.6 Å². The number of anilines is 1. The molecule has 0 spiro atoms. The van der Waals surface area contributed by atoms with Gasteiger partial charge in [-0.05, 0) is 93.8 Å². The summed E-state index contributed by atoms with van der Waals surface area (Å²) in [5.41, 5.74) is 6.53. The molecule has 6 atom stereocenters. The summed E-state index contributed by atoms with van der Waals surface area (Å²) in [5.74, 6) is -5.84. The number of nitrogens with one attached hydrogen (secondary N) is 4. The molecule has 1 unspecified atom stereocenters. The molecular formula is C77H124N12O29S3. The molecule has 3 heterocycles. The molecule has 0 saturated carbocycles. The molecule has 121 heavy (non-hydrogen) atoms. The van der Waals surface area contributed by atoms with E-state index >= 15 is 0 Å². The van der Waals surface area contributed by atoms with Gasteiger partial charge in [-0.1, -0.05) is 12.1 Å². The van der Waals surface area contributed by atoms with Crippen molar-refractivity contribution in [2.24, 2.45) is 16.0 Å². The second-order valence-corrected chi connectivity index (χ2v) is 32.0. The second kappa shape index (κ2) is 59.4. The smallest absolute Gasteiger partial charge is 0.319 e. The van der Waals surface area contributed by atoms with E-state index < -0.39 is 104 Å². The van der Waals surface area contributed by atoms with Crippen molar-refractivity contribution in [1.29, 1.82) is 0 Å². The number of aliphatic carboxylic acids is 1. The van der Waals surface area contributed by atoms with Crippen LogP contribution in [0.25, 0.3) is 0 Å². The molecule has 2 aromatic rings. The number of ether oxygens (including phenoxy) is 13. The molecule has 2 aromatic carbocycles. The normalized spacial score (nSPS) is 16.3. The second-order valence-electron chi connectivity index (χ2n) is 28.5. The van der Waals surface area contributed by atoms with Crippen molar-refractivity contribution < 1.29 is 136 Å². The summed E-state index contributed by atoms with van der Waals surface area (Å²) in [6, 6.07) is 5.19. The minimum absolute atomic E-state index is 0.000500. The quantitative estimate of drug-likeness (QED) is 0.0184. The first-order chi connectivity index (χ1) is 58.1. The van der Waals surface area contributed by atoms with E-state index in [2.05, 4.69) is 33.9 Å². The fraction of sp³-hybridized carbons (Fsp3) is 0.701. The first kappa shape index (κ1) is 104. The summed E-state index contributed by atoms with van der Waals surface area (Å²) in [6.07, 6.45) is 2.60. The topological polar surface area (TPSA) is 539 Å². The predicted molar refractivity (Wildman–Crippen MR) is 437 cm³/mol. The van der Waals surface area contributed by atoms with Gasteiger partial charge in [0.2, 0.25) is 61.4 Å². The van der Waals surface area contributed by atoms with Crippen LogP contribution in [0.2, 0.25) is 0 Å². The molecule has 7 amide bonds. The van der Waals surface area contributed by atoms with Crippen LogP contribution in [0.15, 0.2) is 58.3 Å². The summed E-state index contributed by atoms with van der Waals surface area (Å²) in [4.78, 5) is 152. The molecule has 41 nitrogen and oxygen atoms in total. The summed E-state index contributed by atoms with van der Waals surface area (Å²) in [5, 5.41) is 29.6. The number of amides is 7. The van der Waals surface area contributed by atoms with Crippen molar-refractivity contribution in [3.8, 4) is 0 Å². The Balaban J connectivity index is 0.828. The van der Waals surface area contributed by atoms with Crippen LogP contribution in [-0.4, -0.2) is 384 Å². The molecule has 3 aliphatic heterocycles. The summed E-state index contributed by atoms with van der Waals surface area (Å²) < 4.78 is 119. The number of likely N-dealkylation sites (tertiary alicyclic amines) is 3. The highest BCUT2D eigenvalue weighted by molar-refractivity contribution is 7.89. The summed E-state index contributed by atoms with van der Waals surface area (Å²) >= 11 is 4.07. The Morgan fingerprint density at radius 1 is 0.504 bits per heavy atom. The molecule has 0 aliphatic carbocycles. The molecule has 0 aromatic heterocycles. The van der Waals surface area contributed by atoms with Gasteiger partial charge in [-0.3, -0.25) is 62.5 Å². The molecule has 684 valence electrons. The number of rotatable bonds is 68. The molecule has 11 N–H and O–H groups in total. The van der Waals surface area contributed by atoms with Gasteiger partial charge in [-0.25, -0.2) is 27.1 Å². The molecule has 3 saturated heterocycles. The number of Topliss-reactive ketones (excluding diaryl/α,β-unsaturated/α-hetero) is 2. The zero-order chi connectivity index (χ0) is 88.2. The summed E-state index contributed by atoms with van der Waals surface area (Å²) in [7, 11) is -6.85. The number of primary sulfonamides is 2. The standard InChI is InChI=1S/C77H124N12O29S3/c1-57(56-119)82-75(99)64(50-72(95)96)84-74(98)63(78)51-81-69(92)19-26-108-28-30-110-32-34-112-36-38-114-40-42-116-44-46-118-48-47-117-45-43-115-41-39-113-37-35-111-33-31-109-29-27-107-25-6-10-68(91)65-7-3-21-88(65)77(101)67-9-5-22-89(67)76(100)66-8-4-20-87(66)71(94)54-85(52-60(90)49-58-11-15-61(16-12-58)120(79,102)103)23-24-86(55-73(97)106-2)53-70(93)83-59-13-17-62(18-14-59)121(80,104)105/h11-18,57,63-67,119H,3-10,19-56,78H2,1-2H3,(H,81,92)(H,82,99)(H,83,93)(H,84,98)(H,95,96)(H2,79,102,103)(H2,80,104,105)/t57-,63+,64+,65?,66+,67+/m1/s1. The first-order valence-corrected chi connectivity index (χ1v) is 44.2. The highest BCUT2D eigenvalue weighted by atomic mass is 32.2. The zero-order valence-corrected chi connectivity index (χ0v) is 71.7. The van der Waals surface area contributed by atoms with E-state index in [-0.39, 0.29) is 137 Å². The molecular weight excluding hydrogens is 1650 g/mol. The number of nitrogens with two attached hydrogens (primary N) is 3. The molecule has 3 aliphatic rings. The van der Waals surface area contributed by atoms with Crippen molar-refractivity contribution in [2.45, 2.75) is 124 Å². The molecule has 0 radical (unpaired) electrons. The van der Waals surface area contributed by atoms with E-state index in [9.17, 15) is 69.6 Å². The zero-order valence-electron chi connectivity index (χ0n) is 69.2. The number of carbonyl (C=O) groups is 11. The van der Waals surface area contributed by atoms with Gasteiger partial charge in [0.05, 0.1) is 208 Å². The molecule has 5 rings (SSSR count). The van der Waals surface area contributed by atoms with E-state index in [1.54, 1.807) is 11.8 Å². The number of hydrogen-bond donors (Lipinski definition) is 9. The monoisotopic (exact) mass is 1780 g/mol. The predicted octanol–water partition coefficient (Wildman–Crippen LogP) is -2.74. The number of carboxylic acid groups (broad SMARTS) is 1. The van der Waals surface area contributed by atoms with E-state index in [4.69, 9.17) is 82.7 Å². The number of carbonyl (C=O) groups excluding carboxylic acids is 10. The van der Waals surface area contributed by atoms with Gasteiger partial charge < -0.3 is 108 Å². The van der Waals surface area contributed by atoms with Crippen LogP contribution in [0.4, 0.5) is 5.69 Å². The van der Waals surface area contributed by atoms with Gasteiger partial charge in [-0.15, -0.1) is 0 Å². The van der Waals surface area contributed by atoms with Crippen molar-refractivity contribution in [2.75, 3.05) is 242 Å². The number of nitrogens with zero attached hydrogens (tertiary/aromatic N) is 5. The summed E-state index contributed by atoms with van der Waals surface area (Å²) in [6.45, 7) is 9.22. The minimum atomic E-state index is -4.01. The number of thiol groups is 1. The van der Waals surface area contributed by atoms with Crippen LogP contribution < -0.4 is 37.3 Å². The Morgan fingerprint density at radius 2 is 0.909 bits per heavy atom. The Labute approximate surface area is 712 Å². The largest absolute Gasteiger partial charge is 0.481 e. The molecule has 3 fully saturated rings. The van der Waals surface area contributed by atoms with Gasteiger partial charge in [0.25, 0.3) is 0 Å². The van der Waals surface area contributed by atoms with Crippen molar-refractivity contribution in [1.82, 2.24) is 40.4 Å². The number of esters is 1. The molecule has 0 bridgehead atoms. The Morgan fingerprint density at radius 3 is 1.35 bits per heavy atom. The van der Waals surface area contributed by atoms with E-state index in [1.165, 1.54) is 75.2 Å². The van der Waals surface area contributed by atoms with Gasteiger partial charge in [-0.2, -0.15) is 12.6 Å². The maximum absolute atomic E-state index is 14.6. The fourth-order valence-electron chi connectivity index (χ4n) is 12.7. The fourth-order valence-corrected chi connectivity index (χ4v) is 13.8. The average Bonchev–Trinajstić information content (AvgIpc) is 1.64. The number of methoxy groups -OCH3 is 1. The van der Waals surface area contributed by atoms with Crippen LogP contribution in [0.1, 0.15) is 76.7 Å². The lowest BCUT2D eigenvalue weighted by Crippen LogP contribution is -2.55. The lowest BCUT2D eigenvalue weighted by molar-refractivity contribution is -0.150. The lowest BCUT2D eigenvalue weighted by Gasteiger charge is -2.34. The van der Waals surface area contributed by atoms with Crippen LogP contribution in [0.3, 0.4) is 0 Å². The van der Waals surface area contributed by atoms with Crippen molar-refractivity contribution in [3.05, 3.63) is 54.1 Å². The van der Waals surface area contributed by atoms with Crippen LogP contribution in [0.5, 0.6) is 0 Å². The third-order valence-corrected chi connectivity index (χ3v) is 21.4. The minimum Gasteiger partial charge on any atom is -0.481 e. The van der Waals surface area contributed by atoms with Crippen molar-refractivity contribution in [3.63, 3.8) is 0 Å². The number of benzene rings is 2. The van der Waals surface area contributed by atoms with Gasteiger partial charge in [0.1, 0.15) is 24.2 Å². The number of ketones is 2. The van der Waals surface area contributed by atoms with E-state index in [1.807, 2.05) is 0 Å². The van der Waals surface area contributed by atoms with E-state index in [0.717, 1.165) is 0 Å². The van der Waals surface area contributed by atoms with Gasteiger partial charge >= 0.3 is 11.9 Å². The Bertz CT molecular complexity index is 3710. The average molecular weight is 1780 g/mol. The van der Waals surface area contributed by atoms with Crippen LogP contribution in [-0.2, 0) is 141 Å². The van der Waals surface area contributed by atoms with Crippen LogP contribution >= 0.6 is 12.6 Å². The Kier molecular flexibility index (Phi) is 51.1. The first-order valence-electron chi connectivity index (χ1n) is 40.5. The number of sulfonamides is 2. The maximum atomic E-state index is 14.6. The third-order valence-electron chi connectivity index (χ3n) is 19.0. The number of carboxylic acids is 1. The number of hydrogen-bond acceptors (Lipinski definition) is 32. The SMILES string of the molecule is COC(=O)CN(CCN(CC(=O)Cc1ccc(S(N)(=O)=O)cc1)CC(=O)N1CCC[C@H]1C(=O)N1CCC[C@H]1C(=O)N1CCCC1C(=O)CCCOCCOCCOCCOCCOCCOCCOCCOCCOCCOCCOCCOCCC(=O)NC[C@H](N)C(=O)N[C@@H](CC(=O)O)C(=O)N[C@H](C)CS)CC(=O)Nc1ccc(S(N)(=O)=O)cc1. The lowest BCUT2D eigenvalue weighted by atomic mass is 10.0. The molecule has 44 heteroatoms. The third kappa shape index (κ3) is 43.2. The van der Waals surface area contributed by atoms with E-state index in [0.29, 0.717) is 202 Å². The maximum Gasteiger partial charge on any atom is 0.319 e. The van der Waals surface area contributed by atoms with Crippen molar-refractivity contribution >= 4 is 103 Å².